The number of thiophene rings is 1. The van der Waals surface area contributed by atoms with Crippen molar-refractivity contribution in [3.8, 4) is 6.07 Å². The first-order valence-corrected chi connectivity index (χ1v) is 11.2. The minimum absolute atomic E-state index is 0.101. The van der Waals surface area contributed by atoms with Gasteiger partial charge in [-0.1, -0.05) is 37.1 Å². The van der Waals surface area contributed by atoms with Crippen LogP contribution in [0.25, 0.3) is 10.2 Å². The van der Waals surface area contributed by atoms with Gasteiger partial charge in [-0.25, -0.2) is 4.98 Å². The van der Waals surface area contributed by atoms with Crippen LogP contribution in [-0.2, 0) is 11.3 Å². The number of nitrogens with one attached hydrogen (secondary N) is 1. The van der Waals surface area contributed by atoms with Crippen molar-refractivity contribution in [2.45, 2.75) is 63.2 Å². The number of hydrogen-bond acceptors (Lipinski definition) is 6. The number of nitriles is 1. The summed E-state index contributed by atoms with van der Waals surface area (Å²) >= 11 is 2.72. The Morgan fingerprint density at radius 1 is 1.43 bits per heavy atom. The van der Waals surface area contributed by atoms with Gasteiger partial charge >= 0.3 is 0 Å². The first kappa shape index (κ1) is 20.6. The maximum absolute atomic E-state index is 13.0. The Morgan fingerprint density at radius 2 is 2.14 bits per heavy atom. The molecule has 0 bridgehead atoms. The van der Waals surface area contributed by atoms with Crippen LogP contribution in [-0.4, -0.2) is 26.8 Å². The van der Waals surface area contributed by atoms with Crippen molar-refractivity contribution in [2.24, 2.45) is 0 Å². The number of rotatable bonds is 6. The second-order valence-corrected chi connectivity index (χ2v) is 9.30. The van der Waals surface area contributed by atoms with E-state index in [9.17, 15) is 14.9 Å². The topological polar surface area (TPSA) is 87.8 Å². The second kappa shape index (κ2) is 8.50. The first-order valence-electron chi connectivity index (χ1n) is 9.37. The molecule has 1 amide bonds. The fraction of sp³-hybridized carbons (Fsp3) is 0.500. The van der Waals surface area contributed by atoms with Crippen molar-refractivity contribution in [2.75, 3.05) is 5.75 Å². The number of thioether (sulfide) groups is 1. The van der Waals surface area contributed by atoms with Crippen molar-refractivity contribution in [1.82, 2.24) is 14.9 Å². The van der Waals surface area contributed by atoms with Gasteiger partial charge in [0.25, 0.3) is 5.56 Å². The highest BCUT2D eigenvalue weighted by Gasteiger charge is 2.33. The van der Waals surface area contributed by atoms with Gasteiger partial charge in [-0.15, -0.1) is 17.9 Å². The van der Waals surface area contributed by atoms with Gasteiger partial charge in [-0.05, 0) is 32.3 Å². The zero-order valence-electron chi connectivity index (χ0n) is 16.2. The molecule has 6 nitrogen and oxygen atoms in total. The standard InChI is InChI=1S/C20H24N4O2S2/c1-4-10-24-18(26)16-13(2)14(3)28-17(16)22-19(24)27-11-15(25)23-20(12-21)8-6-5-7-9-20/h4H,1,5-11H2,2-3H3,(H,23,25). The molecule has 2 heterocycles. The van der Waals surface area contributed by atoms with Crippen LogP contribution in [0.3, 0.4) is 0 Å². The molecular formula is C20H24N4O2S2. The molecule has 0 aromatic carbocycles. The molecule has 0 aliphatic heterocycles. The van der Waals surface area contributed by atoms with Crippen LogP contribution in [0, 0.1) is 25.2 Å². The van der Waals surface area contributed by atoms with E-state index in [1.54, 1.807) is 10.6 Å². The molecule has 0 radical (unpaired) electrons. The average Bonchev–Trinajstić information content (AvgIpc) is 2.97. The van der Waals surface area contributed by atoms with E-state index in [2.05, 4.69) is 22.9 Å². The highest BCUT2D eigenvalue weighted by atomic mass is 32.2. The summed E-state index contributed by atoms with van der Waals surface area (Å²) in [6.07, 6.45) is 6.05. The summed E-state index contributed by atoms with van der Waals surface area (Å²) < 4.78 is 1.56. The van der Waals surface area contributed by atoms with Crippen LogP contribution in [0.4, 0.5) is 0 Å². The molecule has 8 heteroatoms. The van der Waals surface area contributed by atoms with Gasteiger partial charge in [0.2, 0.25) is 5.91 Å². The van der Waals surface area contributed by atoms with Crippen LogP contribution in [0.2, 0.25) is 0 Å². The number of amides is 1. The molecule has 1 fully saturated rings. The second-order valence-electron chi connectivity index (χ2n) is 7.15. The molecule has 1 aliphatic rings. The van der Waals surface area contributed by atoms with Gasteiger partial charge in [0.15, 0.2) is 5.16 Å². The number of carbonyl (C=O) groups excluding carboxylic acids is 1. The van der Waals surface area contributed by atoms with Crippen molar-refractivity contribution in [3.63, 3.8) is 0 Å². The van der Waals surface area contributed by atoms with Crippen LogP contribution in [0.1, 0.15) is 42.5 Å². The number of allylic oxidation sites excluding steroid dienone is 1. The van der Waals surface area contributed by atoms with Gasteiger partial charge in [-0.3, -0.25) is 14.2 Å². The van der Waals surface area contributed by atoms with E-state index < -0.39 is 5.54 Å². The monoisotopic (exact) mass is 416 g/mol. The fourth-order valence-corrected chi connectivity index (χ4v) is 5.44. The van der Waals surface area contributed by atoms with Gasteiger partial charge in [0, 0.05) is 11.4 Å². The molecule has 0 atom stereocenters. The maximum Gasteiger partial charge on any atom is 0.263 e. The Hall–Kier alpha value is -2.11. The van der Waals surface area contributed by atoms with E-state index >= 15 is 0 Å². The number of nitrogens with zero attached hydrogens (tertiary/aromatic N) is 3. The Bertz CT molecular complexity index is 1010. The number of aryl methyl sites for hydroxylation is 2. The molecule has 2 aromatic heterocycles. The highest BCUT2D eigenvalue weighted by Crippen LogP contribution is 2.29. The van der Waals surface area contributed by atoms with Crippen molar-refractivity contribution in [3.05, 3.63) is 33.4 Å². The molecule has 3 rings (SSSR count). The number of fused-ring (bicyclic) bond motifs is 1. The van der Waals surface area contributed by atoms with E-state index in [1.807, 2.05) is 13.8 Å². The molecule has 0 spiro atoms. The maximum atomic E-state index is 13.0. The van der Waals surface area contributed by atoms with Crippen LogP contribution < -0.4 is 10.9 Å². The molecule has 1 aliphatic carbocycles. The van der Waals surface area contributed by atoms with E-state index in [-0.39, 0.29) is 17.2 Å². The summed E-state index contributed by atoms with van der Waals surface area (Å²) in [7, 11) is 0. The van der Waals surface area contributed by atoms with Crippen LogP contribution in [0.15, 0.2) is 22.6 Å². The van der Waals surface area contributed by atoms with Crippen molar-refractivity contribution >= 4 is 39.2 Å². The lowest BCUT2D eigenvalue weighted by Crippen LogP contribution is -2.49. The predicted molar refractivity (Wildman–Crippen MR) is 114 cm³/mol. The zero-order valence-corrected chi connectivity index (χ0v) is 17.8. The van der Waals surface area contributed by atoms with E-state index in [1.165, 1.54) is 23.1 Å². The zero-order chi connectivity index (χ0) is 20.3. The number of hydrogen-bond donors (Lipinski definition) is 1. The largest absolute Gasteiger partial charge is 0.337 e. The molecule has 148 valence electrons. The SMILES string of the molecule is C=CCn1c(SCC(=O)NC2(C#N)CCCCC2)nc2sc(C)c(C)c2c1=O. The lowest BCUT2D eigenvalue weighted by molar-refractivity contribution is -0.120. The van der Waals surface area contributed by atoms with E-state index in [4.69, 9.17) is 0 Å². The Morgan fingerprint density at radius 3 is 2.79 bits per heavy atom. The summed E-state index contributed by atoms with van der Waals surface area (Å²) in [6.45, 7) is 7.97. The fourth-order valence-electron chi connectivity index (χ4n) is 3.56. The molecule has 0 saturated heterocycles. The summed E-state index contributed by atoms with van der Waals surface area (Å²) in [5, 5.41) is 13.6. The lowest BCUT2D eigenvalue weighted by Gasteiger charge is -2.31. The molecule has 28 heavy (non-hydrogen) atoms. The van der Waals surface area contributed by atoms with Gasteiger partial charge < -0.3 is 5.32 Å². The predicted octanol–water partition coefficient (Wildman–Crippen LogP) is 3.70. The van der Waals surface area contributed by atoms with Crippen molar-refractivity contribution in [1.29, 1.82) is 5.26 Å². The molecule has 0 unspecified atom stereocenters. The number of carbonyl (C=O) groups is 1. The minimum atomic E-state index is -0.754. The van der Waals surface area contributed by atoms with Gasteiger partial charge in [0.05, 0.1) is 17.2 Å². The third-order valence-electron chi connectivity index (χ3n) is 5.20. The normalized spacial score (nSPS) is 15.9. The quantitative estimate of drug-likeness (QED) is 0.441. The highest BCUT2D eigenvalue weighted by molar-refractivity contribution is 7.99. The Labute approximate surface area is 172 Å². The molecule has 2 aromatic rings. The molecular weight excluding hydrogens is 392 g/mol. The minimum Gasteiger partial charge on any atom is -0.337 e. The number of aromatic nitrogens is 2. The molecule has 1 N–H and O–H groups in total. The summed E-state index contributed by atoms with van der Waals surface area (Å²) in [5.74, 6) is -0.0894. The van der Waals surface area contributed by atoms with Gasteiger partial charge in [0.1, 0.15) is 10.4 Å². The summed E-state index contributed by atoms with van der Waals surface area (Å²) in [6, 6.07) is 2.30. The molecule has 1 saturated carbocycles. The average molecular weight is 417 g/mol. The third kappa shape index (κ3) is 4.01. The van der Waals surface area contributed by atoms with E-state index in [0.29, 0.717) is 34.8 Å². The van der Waals surface area contributed by atoms with Crippen LogP contribution >= 0.6 is 23.1 Å². The third-order valence-corrected chi connectivity index (χ3v) is 7.28. The lowest BCUT2D eigenvalue weighted by atomic mass is 9.83. The van der Waals surface area contributed by atoms with Crippen LogP contribution in [0.5, 0.6) is 0 Å². The summed E-state index contributed by atoms with van der Waals surface area (Å²) in [5.41, 5.74) is 0.101. The Kier molecular flexibility index (Phi) is 6.26. The first-order chi connectivity index (χ1) is 13.4. The summed E-state index contributed by atoms with van der Waals surface area (Å²) in [4.78, 5) is 31.9. The van der Waals surface area contributed by atoms with Crippen molar-refractivity contribution < 1.29 is 4.79 Å². The van der Waals surface area contributed by atoms with E-state index in [0.717, 1.165) is 29.7 Å². The van der Waals surface area contributed by atoms with Gasteiger partial charge in [-0.2, -0.15) is 5.26 Å². The Balaban J connectivity index is 1.82. The smallest absolute Gasteiger partial charge is 0.263 e.